The minimum Gasteiger partial charge on any atom is -0.480 e. The Morgan fingerprint density at radius 2 is 1.21 bits per heavy atom. The Morgan fingerprint density at radius 3 is 1.52 bits per heavy atom. The van der Waals surface area contributed by atoms with Gasteiger partial charge in [0.2, 0.25) is 17.7 Å². The number of aliphatic carboxylic acids is 1. The van der Waals surface area contributed by atoms with E-state index in [0.717, 1.165) is 0 Å². The summed E-state index contributed by atoms with van der Waals surface area (Å²) in [5.74, 6) is -3.03. The predicted molar refractivity (Wildman–Crippen MR) is 111 cm³/mol. The van der Waals surface area contributed by atoms with E-state index in [1.807, 2.05) is 27.7 Å². The average Bonchev–Trinajstić information content (AvgIpc) is 2.62. The predicted octanol–water partition coefficient (Wildman–Crippen LogP) is -1.13. The van der Waals surface area contributed by atoms with Crippen molar-refractivity contribution in [3.63, 3.8) is 0 Å². The molecule has 0 saturated carbocycles. The summed E-state index contributed by atoms with van der Waals surface area (Å²) in [6.07, 6.45) is 0.565. The summed E-state index contributed by atoms with van der Waals surface area (Å²) in [6.45, 7) is 6.65. The summed E-state index contributed by atoms with van der Waals surface area (Å²) in [4.78, 5) is 48.4. The third-order valence-electron chi connectivity index (χ3n) is 4.01. The lowest BCUT2D eigenvalue weighted by molar-refractivity contribution is -0.143. The van der Waals surface area contributed by atoms with Crippen LogP contribution in [0.4, 0.5) is 0 Å². The number of rotatable bonds is 13. The van der Waals surface area contributed by atoms with Crippen molar-refractivity contribution in [3.8, 4) is 0 Å². The van der Waals surface area contributed by atoms with Crippen molar-refractivity contribution in [1.29, 1.82) is 0 Å². The number of hydrogen-bond acceptors (Lipinski definition) is 7. The molecule has 7 N–H and O–H groups in total. The molecule has 0 saturated heterocycles. The van der Waals surface area contributed by atoms with Crippen LogP contribution in [-0.2, 0) is 19.2 Å². The Hall–Kier alpha value is -1.85. The zero-order chi connectivity index (χ0) is 22.7. The maximum Gasteiger partial charge on any atom is 0.328 e. The van der Waals surface area contributed by atoms with E-state index < -0.39 is 54.5 Å². The summed E-state index contributed by atoms with van der Waals surface area (Å²) in [5.41, 5.74) is 5.65. The normalized spacial score (nSPS) is 15.3. The molecule has 0 aromatic carbocycles. The first-order valence-corrected chi connectivity index (χ1v) is 10.2. The van der Waals surface area contributed by atoms with Gasteiger partial charge in [-0.25, -0.2) is 4.79 Å². The molecule has 11 heteroatoms. The zero-order valence-electron chi connectivity index (χ0n) is 17.3. The lowest BCUT2D eigenvalue weighted by Gasteiger charge is -2.26. The van der Waals surface area contributed by atoms with Crippen LogP contribution >= 0.6 is 12.6 Å². The molecule has 0 radical (unpaired) electrons. The molecular weight excluding hydrogens is 400 g/mol. The van der Waals surface area contributed by atoms with Crippen molar-refractivity contribution in [2.24, 2.45) is 17.6 Å². The second-order valence-corrected chi connectivity index (χ2v) is 8.12. The van der Waals surface area contributed by atoms with Crippen LogP contribution in [-0.4, -0.2) is 70.4 Å². The minimum absolute atomic E-state index is 0.0131. The monoisotopic (exact) mass is 434 g/mol. The quantitative estimate of drug-likeness (QED) is 0.180. The Kier molecular flexibility index (Phi) is 12.5. The molecule has 0 aromatic rings. The van der Waals surface area contributed by atoms with Crippen LogP contribution in [0.25, 0.3) is 0 Å². The number of nitrogens with one attached hydrogen (secondary N) is 3. The van der Waals surface area contributed by atoms with Crippen LogP contribution in [0.2, 0.25) is 0 Å². The van der Waals surface area contributed by atoms with Gasteiger partial charge in [0.05, 0.1) is 12.6 Å². The van der Waals surface area contributed by atoms with Gasteiger partial charge in [-0.2, -0.15) is 12.6 Å². The first-order chi connectivity index (χ1) is 13.4. The second-order valence-electron chi connectivity index (χ2n) is 7.75. The van der Waals surface area contributed by atoms with Crippen molar-refractivity contribution >= 4 is 36.3 Å². The van der Waals surface area contributed by atoms with E-state index in [2.05, 4.69) is 28.6 Å². The highest BCUT2D eigenvalue weighted by molar-refractivity contribution is 7.80. The fourth-order valence-electron chi connectivity index (χ4n) is 2.50. The average molecular weight is 435 g/mol. The van der Waals surface area contributed by atoms with Crippen LogP contribution in [0.1, 0.15) is 40.5 Å². The summed E-state index contributed by atoms with van der Waals surface area (Å²) >= 11 is 3.97. The van der Waals surface area contributed by atoms with Gasteiger partial charge in [0.25, 0.3) is 0 Å². The van der Waals surface area contributed by atoms with Crippen molar-refractivity contribution < 1.29 is 29.4 Å². The number of aliphatic hydroxyl groups excluding tert-OH is 1. The summed E-state index contributed by atoms with van der Waals surface area (Å²) in [7, 11) is 0. The van der Waals surface area contributed by atoms with Gasteiger partial charge in [-0.3, -0.25) is 14.4 Å². The maximum absolute atomic E-state index is 12.8. The van der Waals surface area contributed by atoms with Gasteiger partial charge in [-0.1, -0.05) is 27.7 Å². The molecular formula is C18H34N4O6S. The molecule has 0 aliphatic heterocycles. The van der Waals surface area contributed by atoms with E-state index in [4.69, 9.17) is 15.9 Å². The molecule has 10 nitrogen and oxygen atoms in total. The van der Waals surface area contributed by atoms with Gasteiger partial charge >= 0.3 is 5.97 Å². The van der Waals surface area contributed by atoms with E-state index in [-0.39, 0.29) is 24.0 Å². The SMILES string of the molecule is CC(C)C[C@H](NC(=O)[C@H](CC(C)C)NC(=O)[C@@H](N)CS)C(=O)N[C@@H](CO)C(=O)O. The van der Waals surface area contributed by atoms with Gasteiger partial charge in [0.1, 0.15) is 18.1 Å². The molecule has 0 rings (SSSR count). The zero-order valence-corrected chi connectivity index (χ0v) is 18.2. The summed E-state index contributed by atoms with van der Waals surface area (Å²) < 4.78 is 0. The molecule has 0 spiro atoms. The minimum atomic E-state index is -1.48. The molecule has 0 heterocycles. The standard InChI is InChI=1S/C18H34N4O6S/c1-9(2)5-12(20-15(24)11(19)8-29)16(25)21-13(6-10(3)4)17(26)22-14(7-23)18(27)28/h9-14,23,29H,5-8,19H2,1-4H3,(H,20,24)(H,21,25)(H,22,26)(H,27,28)/t11-,12-,13-,14-/m0/s1. The first kappa shape index (κ1) is 27.1. The number of carboxylic acids is 1. The molecule has 168 valence electrons. The smallest absolute Gasteiger partial charge is 0.328 e. The van der Waals surface area contributed by atoms with Crippen molar-refractivity contribution in [2.45, 2.75) is 64.7 Å². The Morgan fingerprint density at radius 1 is 0.828 bits per heavy atom. The highest BCUT2D eigenvalue weighted by atomic mass is 32.1. The lowest BCUT2D eigenvalue weighted by atomic mass is 9.99. The van der Waals surface area contributed by atoms with Gasteiger partial charge in [0, 0.05) is 5.75 Å². The third-order valence-corrected chi connectivity index (χ3v) is 4.40. The van der Waals surface area contributed by atoms with Gasteiger partial charge in [0.15, 0.2) is 0 Å². The Balaban J connectivity index is 5.37. The summed E-state index contributed by atoms with van der Waals surface area (Å²) in [5, 5.41) is 25.5. The van der Waals surface area contributed by atoms with Crippen molar-refractivity contribution in [3.05, 3.63) is 0 Å². The number of carbonyl (C=O) groups is 4. The molecule has 3 amide bonds. The first-order valence-electron chi connectivity index (χ1n) is 9.54. The van der Waals surface area contributed by atoms with Gasteiger partial charge in [-0.05, 0) is 24.7 Å². The number of thiol groups is 1. The number of hydrogen-bond donors (Lipinski definition) is 7. The second kappa shape index (κ2) is 13.4. The van der Waals surface area contributed by atoms with Gasteiger partial charge < -0.3 is 31.9 Å². The number of carboxylic acid groups (broad SMARTS) is 1. The largest absolute Gasteiger partial charge is 0.480 e. The van der Waals surface area contributed by atoms with E-state index in [0.29, 0.717) is 6.42 Å². The Bertz CT molecular complexity index is 573. The highest BCUT2D eigenvalue weighted by Gasteiger charge is 2.30. The number of aliphatic hydroxyl groups is 1. The molecule has 0 aliphatic carbocycles. The molecule has 0 fully saturated rings. The fourth-order valence-corrected chi connectivity index (χ4v) is 2.66. The van der Waals surface area contributed by atoms with Crippen LogP contribution in [0, 0.1) is 11.8 Å². The molecule has 0 aliphatic rings. The lowest BCUT2D eigenvalue weighted by Crippen LogP contribution is -2.58. The molecule has 0 aromatic heterocycles. The van der Waals surface area contributed by atoms with Crippen molar-refractivity contribution in [1.82, 2.24) is 16.0 Å². The molecule has 0 unspecified atom stereocenters. The van der Waals surface area contributed by atoms with Crippen molar-refractivity contribution in [2.75, 3.05) is 12.4 Å². The number of amides is 3. The highest BCUT2D eigenvalue weighted by Crippen LogP contribution is 2.09. The maximum atomic E-state index is 12.8. The Labute approximate surface area is 176 Å². The number of nitrogens with two attached hydrogens (primary N) is 1. The van der Waals surface area contributed by atoms with Crippen LogP contribution < -0.4 is 21.7 Å². The molecule has 0 bridgehead atoms. The van der Waals surface area contributed by atoms with E-state index in [1.54, 1.807) is 0 Å². The van der Waals surface area contributed by atoms with Gasteiger partial charge in [-0.15, -0.1) is 0 Å². The van der Waals surface area contributed by atoms with E-state index in [1.165, 1.54) is 0 Å². The fraction of sp³-hybridized carbons (Fsp3) is 0.778. The van der Waals surface area contributed by atoms with E-state index >= 15 is 0 Å². The van der Waals surface area contributed by atoms with E-state index in [9.17, 15) is 19.2 Å². The number of carbonyl (C=O) groups excluding carboxylic acids is 3. The van der Waals surface area contributed by atoms with Crippen LogP contribution in [0.3, 0.4) is 0 Å². The van der Waals surface area contributed by atoms with Crippen LogP contribution in [0.15, 0.2) is 0 Å². The topological polar surface area (TPSA) is 171 Å². The van der Waals surface area contributed by atoms with Crippen LogP contribution in [0.5, 0.6) is 0 Å². The third kappa shape index (κ3) is 10.5. The summed E-state index contributed by atoms with van der Waals surface area (Å²) in [6, 6.07) is -4.30. The molecule has 29 heavy (non-hydrogen) atoms. The molecule has 4 atom stereocenters.